The van der Waals surface area contributed by atoms with Gasteiger partial charge in [0.25, 0.3) is 0 Å². The molecule has 0 aliphatic heterocycles. The van der Waals surface area contributed by atoms with Crippen molar-refractivity contribution in [3.05, 3.63) is 48.4 Å². The quantitative estimate of drug-likeness (QED) is 0.851. The molecule has 1 atom stereocenters. The fourth-order valence-corrected chi connectivity index (χ4v) is 2.11. The van der Waals surface area contributed by atoms with Crippen LogP contribution in [0, 0.1) is 0 Å². The standard InChI is InChI=1S/C16H21N5O2/c1-21(2)10-14(12-4-6-13(23-3)7-5-12)19-16(22)20-15-8-9-17-11-18-15/h4-9,11,14H,10H2,1-3H3,(H2,17,18,19,20,22)/t14-/m1/s1. The van der Waals surface area contributed by atoms with Crippen LogP contribution in [0.4, 0.5) is 10.6 Å². The zero-order valence-corrected chi connectivity index (χ0v) is 13.5. The summed E-state index contributed by atoms with van der Waals surface area (Å²) in [7, 11) is 5.54. The lowest BCUT2D eigenvalue weighted by Gasteiger charge is -2.23. The van der Waals surface area contributed by atoms with Gasteiger partial charge in [-0.05, 0) is 37.9 Å². The van der Waals surface area contributed by atoms with Crippen LogP contribution in [0.5, 0.6) is 5.75 Å². The van der Waals surface area contributed by atoms with E-state index < -0.39 is 0 Å². The molecule has 7 nitrogen and oxygen atoms in total. The largest absolute Gasteiger partial charge is 0.497 e. The van der Waals surface area contributed by atoms with Crippen molar-refractivity contribution in [2.45, 2.75) is 6.04 Å². The lowest BCUT2D eigenvalue weighted by Crippen LogP contribution is -2.37. The van der Waals surface area contributed by atoms with Gasteiger partial charge in [0.05, 0.1) is 13.2 Å². The zero-order valence-electron chi connectivity index (χ0n) is 13.5. The molecule has 2 amide bonds. The molecule has 2 rings (SSSR count). The second-order valence-corrected chi connectivity index (χ2v) is 5.28. The fraction of sp³-hybridized carbons (Fsp3) is 0.312. The number of amides is 2. The van der Waals surface area contributed by atoms with Gasteiger partial charge in [-0.3, -0.25) is 5.32 Å². The molecule has 122 valence electrons. The van der Waals surface area contributed by atoms with Crippen LogP contribution in [0.1, 0.15) is 11.6 Å². The maximum atomic E-state index is 12.2. The lowest BCUT2D eigenvalue weighted by atomic mass is 10.1. The average Bonchev–Trinajstić information content (AvgIpc) is 2.55. The normalized spacial score (nSPS) is 11.8. The van der Waals surface area contributed by atoms with Gasteiger partial charge >= 0.3 is 6.03 Å². The van der Waals surface area contributed by atoms with E-state index in [1.807, 2.05) is 43.3 Å². The Morgan fingerprint density at radius 1 is 1.26 bits per heavy atom. The SMILES string of the molecule is COc1ccc([C@@H](CN(C)C)NC(=O)Nc2ccncn2)cc1. The van der Waals surface area contributed by atoms with Gasteiger partial charge in [0, 0.05) is 12.7 Å². The van der Waals surface area contributed by atoms with Crippen molar-refractivity contribution in [1.29, 1.82) is 0 Å². The monoisotopic (exact) mass is 315 g/mol. The summed E-state index contributed by atoms with van der Waals surface area (Å²) in [6, 6.07) is 8.80. The Labute approximate surface area is 135 Å². The number of urea groups is 1. The van der Waals surface area contributed by atoms with E-state index in [0.29, 0.717) is 12.4 Å². The number of ether oxygens (including phenoxy) is 1. The number of carbonyl (C=O) groups excluding carboxylic acids is 1. The third-order valence-corrected chi connectivity index (χ3v) is 3.19. The Morgan fingerprint density at radius 2 is 2.00 bits per heavy atom. The summed E-state index contributed by atoms with van der Waals surface area (Å²) in [4.78, 5) is 22.0. The van der Waals surface area contributed by atoms with Gasteiger partial charge in [0.15, 0.2) is 0 Å². The molecular weight excluding hydrogens is 294 g/mol. The van der Waals surface area contributed by atoms with Crippen molar-refractivity contribution >= 4 is 11.8 Å². The molecule has 0 fully saturated rings. The number of hydrogen-bond acceptors (Lipinski definition) is 5. The van der Waals surface area contributed by atoms with Crippen molar-refractivity contribution in [3.63, 3.8) is 0 Å². The van der Waals surface area contributed by atoms with Gasteiger partial charge in [-0.2, -0.15) is 0 Å². The number of carbonyl (C=O) groups is 1. The summed E-state index contributed by atoms with van der Waals surface area (Å²) in [5, 5.41) is 5.65. The van der Waals surface area contributed by atoms with Crippen LogP contribution in [0.25, 0.3) is 0 Å². The zero-order chi connectivity index (χ0) is 16.7. The molecule has 2 aromatic rings. The van der Waals surface area contributed by atoms with Gasteiger partial charge in [-0.15, -0.1) is 0 Å². The van der Waals surface area contributed by atoms with Crippen LogP contribution in [0.2, 0.25) is 0 Å². The molecule has 2 N–H and O–H groups in total. The van der Waals surface area contributed by atoms with Crippen molar-refractivity contribution in [2.75, 3.05) is 33.1 Å². The highest BCUT2D eigenvalue weighted by molar-refractivity contribution is 5.88. The lowest BCUT2D eigenvalue weighted by molar-refractivity contribution is 0.244. The third kappa shape index (κ3) is 5.23. The molecule has 0 bridgehead atoms. The number of aromatic nitrogens is 2. The summed E-state index contributed by atoms with van der Waals surface area (Å²) in [6.45, 7) is 0.670. The first-order valence-corrected chi connectivity index (χ1v) is 7.20. The number of nitrogens with zero attached hydrogens (tertiary/aromatic N) is 3. The predicted octanol–water partition coefficient (Wildman–Crippen LogP) is 1.91. The Balaban J connectivity index is 2.06. The smallest absolute Gasteiger partial charge is 0.320 e. The first kappa shape index (κ1) is 16.7. The Bertz CT molecular complexity index is 616. The van der Waals surface area contributed by atoms with Gasteiger partial charge < -0.3 is 15.0 Å². The minimum atomic E-state index is -0.314. The second-order valence-electron chi connectivity index (χ2n) is 5.28. The van der Waals surface area contributed by atoms with Crippen LogP contribution in [-0.4, -0.2) is 48.6 Å². The summed E-state index contributed by atoms with van der Waals surface area (Å²) in [5.41, 5.74) is 0.998. The first-order valence-electron chi connectivity index (χ1n) is 7.20. The summed E-state index contributed by atoms with van der Waals surface area (Å²) in [6.07, 6.45) is 2.96. The Kier molecular flexibility index (Phi) is 5.87. The van der Waals surface area contributed by atoms with E-state index in [2.05, 4.69) is 20.6 Å². The minimum Gasteiger partial charge on any atom is -0.497 e. The number of nitrogens with one attached hydrogen (secondary N) is 2. The molecule has 0 aliphatic carbocycles. The van der Waals surface area contributed by atoms with E-state index in [1.54, 1.807) is 19.4 Å². The molecule has 7 heteroatoms. The number of rotatable bonds is 6. The molecule has 0 saturated carbocycles. The molecule has 0 aliphatic rings. The highest BCUT2D eigenvalue weighted by Crippen LogP contribution is 2.18. The van der Waals surface area contributed by atoms with E-state index >= 15 is 0 Å². The van der Waals surface area contributed by atoms with Crippen molar-refractivity contribution < 1.29 is 9.53 Å². The van der Waals surface area contributed by atoms with Crippen molar-refractivity contribution in [1.82, 2.24) is 20.2 Å². The predicted molar refractivity (Wildman–Crippen MR) is 88.5 cm³/mol. The van der Waals surface area contributed by atoms with E-state index in [0.717, 1.165) is 11.3 Å². The average molecular weight is 315 g/mol. The van der Waals surface area contributed by atoms with Gasteiger partial charge in [-0.1, -0.05) is 12.1 Å². The number of likely N-dealkylation sites (N-methyl/N-ethyl adjacent to an activating group) is 1. The second kappa shape index (κ2) is 8.09. The van der Waals surface area contributed by atoms with E-state index in [9.17, 15) is 4.79 Å². The van der Waals surface area contributed by atoms with Crippen LogP contribution in [0.3, 0.4) is 0 Å². The van der Waals surface area contributed by atoms with Crippen molar-refractivity contribution in [2.24, 2.45) is 0 Å². The van der Waals surface area contributed by atoms with Crippen LogP contribution >= 0.6 is 0 Å². The number of anilines is 1. The molecule has 23 heavy (non-hydrogen) atoms. The summed E-state index contributed by atoms with van der Waals surface area (Å²) in [5.74, 6) is 1.23. The molecule has 1 aromatic carbocycles. The molecule has 1 aromatic heterocycles. The highest BCUT2D eigenvalue weighted by Gasteiger charge is 2.16. The third-order valence-electron chi connectivity index (χ3n) is 3.19. The highest BCUT2D eigenvalue weighted by atomic mass is 16.5. The Morgan fingerprint density at radius 3 is 2.57 bits per heavy atom. The van der Waals surface area contributed by atoms with Gasteiger partial charge in [0.2, 0.25) is 0 Å². The number of hydrogen-bond donors (Lipinski definition) is 2. The Hall–Kier alpha value is -2.67. The maximum absolute atomic E-state index is 12.2. The van der Waals surface area contributed by atoms with Crippen LogP contribution < -0.4 is 15.4 Å². The van der Waals surface area contributed by atoms with Crippen LogP contribution in [0.15, 0.2) is 42.9 Å². The fourth-order valence-electron chi connectivity index (χ4n) is 2.11. The molecule has 0 radical (unpaired) electrons. The molecule has 0 saturated heterocycles. The maximum Gasteiger partial charge on any atom is 0.320 e. The molecule has 0 unspecified atom stereocenters. The molecular formula is C16H21N5O2. The van der Waals surface area contributed by atoms with Crippen molar-refractivity contribution in [3.8, 4) is 5.75 Å². The van der Waals surface area contributed by atoms with Gasteiger partial charge in [-0.25, -0.2) is 14.8 Å². The van der Waals surface area contributed by atoms with Gasteiger partial charge in [0.1, 0.15) is 17.9 Å². The summed E-state index contributed by atoms with van der Waals surface area (Å²) < 4.78 is 5.17. The first-order chi connectivity index (χ1) is 11.1. The molecule has 0 spiro atoms. The van der Waals surface area contributed by atoms with E-state index in [4.69, 9.17) is 4.74 Å². The number of methoxy groups -OCH3 is 1. The number of benzene rings is 1. The topological polar surface area (TPSA) is 79.4 Å². The van der Waals surface area contributed by atoms with E-state index in [1.165, 1.54) is 6.33 Å². The molecule has 1 heterocycles. The minimum absolute atomic E-state index is 0.155. The summed E-state index contributed by atoms with van der Waals surface area (Å²) >= 11 is 0. The van der Waals surface area contributed by atoms with E-state index in [-0.39, 0.29) is 12.1 Å². The van der Waals surface area contributed by atoms with Crippen LogP contribution in [-0.2, 0) is 0 Å².